The molecule has 146 valence electrons. The molecule has 0 unspecified atom stereocenters. The van der Waals surface area contributed by atoms with Crippen LogP contribution in [-0.2, 0) is 14.9 Å². The lowest BCUT2D eigenvalue weighted by molar-refractivity contribution is -0.139. The Kier molecular flexibility index (Phi) is 6.10. The number of rotatable bonds is 4. The number of ether oxygens (including phenoxy) is 1. The Labute approximate surface area is 167 Å². The summed E-state index contributed by atoms with van der Waals surface area (Å²) in [7, 11) is 0. The van der Waals surface area contributed by atoms with E-state index in [1.54, 1.807) is 13.8 Å². The second-order valence-corrected chi connectivity index (χ2v) is 10.2. The minimum atomic E-state index is -0.978. The molecule has 1 aromatic carbocycles. The SMILES string of the molecule is CC(C)(O)CCOC(=O)/C(C#N)=C1\Sc2c(O)cc(C(C)(C)C)c(O)c2S1. The van der Waals surface area contributed by atoms with Crippen molar-refractivity contribution in [1.82, 2.24) is 0 Å². The molecule has 1 heterocycles. The molecular weight excluding hydrogens is 386 g/mol. The van der Waals surface area contributed by atoms with Crippen LogP contribution < -0.4 is 0 Å². The number of esters is 1. The van der Waals surface area contributed by atoms with Crippen molar-refractivity contribution in [3.8, 4) is 17.6 Å². The predicted molar refractivity (Wildman–Crippen MR) is 105 cm³/mol. The standard InChI is InChI=1S/C19H23NO5S2/c1-18(2,3)11-8-12(21)14-15(13(11)22)27-17(26-14)10(9-20)16(23)25-7-6-19(4,5)24/h8,21-22,24H,6-7H2,1-5H3/b17-10+. The number of aliphatic hydroxyl groups is 1. The third-order valence-corrected chi connectivity index (χ3v) is 6.48. The summed E-state index contributed by atoms with van der Waals surface area (Å²) >= 11 is 2.12. The molecule has 3 N–H and O–H groups in total. The Bertz CT molecular complexity index is 842. The maximum absolute atomic E-state index is 12.3. The average Bonchev–Trinajstić information content (AvgIpc) is 2.95. The Balaban J connectivity index is 2.32. The number of thioether (sulfide) groups is 2. The number of benzene rings is 1. The molecular formula is C19H23NO5S2. The lowest BCUT2D eigenvalue weighted by Gasteiger charge is -2.22. The number of hydrogen-bond donors (Lipinski definition) is 3. The maximum Gasteiger partial charge on any atom is 0.350 e. The average molecular weight is 410 g/mol. The van der Waals surface area contributed by atoms with Gasteiger partial charge in [-0.3, -0.25) is 0 Å². The summed E-state index contributed by atoms with van der Waals surface area (Å²) in [4.78, 5) is 13.1. The van der Waals surface area contributed by atoms with Gasteiger partial charge in [0.05, 0.1) is 26.2 Å². The van der Waals surface area contributed by atoms with Crippen molar-refractivity contribution in [2.45, 2.75) is 61.8 Å². The zero-order valence-electron chi connectivity index (χ0n) is 15.9. The van der Waals surface area contributed by atoms with E-state index in [0.29, 0.717) is 19.6 Å². The lowest BCUT2D eigenvalue weighted by Crippen LogP contribution is -2.22. The zero-order valence-corrected chi connectivity index (χ0v) is 17.5. The summed E-state index contributed by atoms with van der Waals surface area (Å²) < 4.78 is 5.43. The van der Waals surface area contributed by atoms with Crippen LogP contribution in [0.2, 0.25) is 0 Å². The van der Waals surface area contributed by atoms with E-state index in [1.165, 1.54) is 6.07 Å². The van der Waals surface area contributed by atoms with E-state index in [4.69, 9.17) is 4.74 Å². The molecule has 27 heavy (non-hydrogen) atoms. The molecule has 6 nitrogen and oxygen atoms in total. The van der Waals surface area contributed by atoms with Gasteiger partial charge in [0.1, 0.15) is 17.6 Å². The number of carbonyl (C=O) groups is 1. The van der Waals surface area contributed by atoms with Crippen LogP contribution in [0.1, 0.15) is 46.6 Å². The van der Waals surface area contributed by atoms with E-state index < -0.39 is 11.6 Å². The van der Waals surface area contributed by atoms with E-state index in [9.17, 15) is 25.4 Å². The summed E-state index contributed by atoms with van der Waals surface area (Å²) in [5, 5.41) is 40.0. The Morgan fingerprint density at radius 2 is 1.78 bits per heavy atom. The molecule has 1 aromatic rings. The van der Waals surface area contributed by atoms with Crippen LogP contribution in [0.15, 0.2) is 25.7 Å². The third kappa shape index (κ3) is 4.92. The van der Waals surface area contributed by atoms with Gasteiger partial charge >= 0.3 is 5.97 Å². The van der Waals surface area contributed by atoms with Gasteiger partial charge in [-0.05, 0) is 25.3 Å². The summed E-state index contributed by atoms with van der Waals surface area (Å²) in [6, 6.07) is 3.36. The number of aromatic hydroxyl groups is 2. The predicted octanol–water partition coefficient (Wildman–Crippen LogP) is 4.03. The number of hydrogen-bond acceptors (Lipinski definition) is 8. The first-order chi connectivity index (χ1) is 12.3. The van der Waals surface area contributed by atoms with Gasteiger partial charge in [-0.2, -0.15) is 5.26 Å². The number of nitrogens with zero attached hydrogens (tertiary/aromatic N) is 1. The highest BCUT2D eigenvalue weighted by Crippen LogP contribution is 2.60. The number of fused-ring (bicyclic) bond motifs is 1. The first-order valence-electron chi connectivity index (χ1n) is 8.34. The topological polar surface area (TPSA) is 111 Å². The molecule has 0 saturated heterocycles. The molecule has 0 amide bonds. The van der Waals surface area contributed by atoms with Gasteiger partial charge in [0.15, 0.2) is 5.57 Å². The molecule has 0 atom stereocenters. The van der Waals surface area contributed by atoms with Crippen LogP contribution >= 0.6 is 23.5 Å². The van der Waals surface area contributed by atoms with Crippen LogP contribution in [0.25, 0.3) is 0 Å². The van der Waals surface area contributed by atoms with E-state index in [1.807, 2.05) is 26.8 Å². The summed E-state index contributed by atoms with van der Waals surface area (Å²) in [6.45, 7) is 8.92. The van der Waals surface area contributed by atoms with Gasteiger partial charge < -0.3 is 20.1 Å². The molecule has 8 heteroatoms. The van der Waals surface area contributed by atoms with Crippen molar-refractivity contribution >= 4 is 29.5 Å². The van der Waals surface area contributed by atoms with Gasteiger partial charge in [0.2, 0.25) is 0 Å². The van der Waals surface area contributed by atoms with Crippen molar-refractivity contribution in [1.29, 1.82) is 5.26 Å². The van der Waals surface area contributed by atoms with Crippen molar-refractivity contribution in [2.24, 2.45) is 0 Å². The van der Waals surface area contributed by atoms with Crippen molar-refractivity contribution < 1.29 is 24.9 Å². The minimum Gasteiger partial charge on any atom is -0.507 e. The Morgan fingerprint density at radius 3 is 2.30 bits per heavy atom. The molecule has 0 saturated carbocycles. The van der Waals surface area contributed by atoms with Crippen molar-refractivity contribution in [3.05, 3.63) is 21.4 Å². The van der Waals surface area contributed by atoms with E-state index in [0.717, 1.165) is 23.5 Å². The smallest absolute Gasteiger partial charge is 0.350 e. The van der Waals surface area contributed by atoms with Gasteiger partial charge in [-0.1, -0.05) is 44.3 Å². The molecule has 0 radical (unpaired) electrons. The maximum atomic E-state index is 12.3. The molecule has 0 bridgehead atoms. The van der Waals surface area contributed by atoms with Crippen LogP contribution in [0.5, 0.6) is 11.5 Å². The fraction of sp³-hybridized carbons (Fsp3) is 0.474. The number of phenols is 2. The van der Waals surface area contributed by atoms with E-state index in [-0.39, 0.29) is 35.5 Å². The molecule has 0 aliphatic carbocycles. The number of nitriles is 1. The van der Waals surface area contributed by atoms with E-state index >= 15 is 0 Å². The Morgan fingerprint density at radius 1 is 1.19 bits per heavy atom. The summed E-state index contributed by atoms with van der Waals surface area (Å²) in [5.41, 5.74) is -0.969. The highest BCUT2D eigenvalue weighted by molar-refractivity contribution is 8.24. The summed E-state index contributed by atoms with van der Waals surface area (Å²) in [5.74, 6) is -0.761. The van der Waals surface area contributed by atoms with E-state index in [2.05, 4.69) is 0 Å². The van der Waals surface area contributed by atoms with Gasteiger partial charge in [0, 0.05) is 12.0 Å². The number of carbonyl (C=O) groups excluding carboxylic acids is 1. The highest BCUT2D eigenvalue weighted by atomic mass is 32.2. The van der Waals surface area contributed by atoms with Crippen molar-refractivity contribution in [3.63, 3.8) is 0 Å². The molecule has 1 aliphatic rings. The minimum absolute atomic E-state index is 0.00656. The van der Waals surface area contributed by atoms with Crippen molar-refractivity contribution in [2.75, 3.05) is 6.61 Å². The van der Waals surface area contributed by atoms with Crippen LogP contribution in [-0.4, -0.2) is 33.5 Å². The first-order valence-corrected chi connectivity index (χ1v) is 9.97. The quantitative estimate of drug-likeness (QED) is 0.296. The number of phenolic OH excluding ortho intramolecular Hbond substituents is 2. The second kappa shape index (κ2) is 7.66. The largest absolute Gasteiger partial charge is 0.507 e. The third-order valence-electron chi connectivity index (χ3n) is 3.85. The van der Waals surface area contributed by atoms with Gasteiger partial charge in [0.25, 0.3) is 0 Å². The fourth-order valence-electron chi connectivity index (χ4n) is 2.33. The second-order valence-electron chi connectivity index (χ2n) is 7.88. The first kappa shape index (κ1) is 21.5. The Hall–Kier alpha value is -1.82. The summed E-state index contributed by atoms with van der Waals surface area (Å²) in [6.07, 6.45) is 0.240. The molecule has 0 fully saturated rings. The highest BCUT2D eigenvalue weighted by Gasteiger charge is 2.33. The van der Waals surface area contributed by atoms with Gasteiger partial charge in [-0.15, -0.1) is 0 Å². The van der Waals surface area contributed by atoms with Gasteiger partial charge in [-0.25, -0.2) is 4.79 Å². The molecule has 0 spiro atoms. The lowest BCUT2D eigenvalue weighted by atomic mass is 9.86. The molecule has 2 rings (SSSR count). The molecule has 1 aliphatic heterocycles. The normalized spacial score (nSPS) is 15.9. The molecule has 0 aromatic heterocycles. The zero-order chi connectivity index (χ0) is 20.6. The monoisotopic (exact) mass is 409 g/mol. The van der Waals surface area contributed by atoms with Crippen LogP contribution in [0.4, 0.5) is 0 Å². The van der Waals surface area contributed by atoms with Crippen LogP contribution in [0.3, 0.4) is 0 Å². The van der Waals surface area contributed by atoms with Crippen LogP contribution in [0, 0.1) is 11.3 Å². The fourth-order valence-corrected chi connectivity index (χ4v) is 4.84.